The normalized spacial score (nSPS) is 27.8. The first-order chi connectivity index (χ1) is 7.54. The third kappa shape index (κ3) is 3.78. The summed E-state index contributed by atoms with van der Waals surface area (Å²) in [5.41, 5.74) is 5.66. The highest BCUT2D eigenvalue weighted by atomic mass is 16.1. The van der Waals surface area contributed by atoms with Crippen LogP contribution >= 0.6 is 0 Å². The Bertz CT molecular complexity index is 220. The first-order valence-electron chi connectivity index (χ1n) is 6.55. The average Bonchev–Trinajstić information content (AvgIpc) is 2.26. The summed E-state index contributed by atoms with van der Waals surface area (Å²) >= 11 is 0. The number of nitrogens with one attached hydrogen (secondary N) is 1. The first-order valence-corrected chi connectivity index (χ1v) is 6.55. The van der Waals surface area contributed by atoms with Crippen LogP contribution in [0, 0.1) is 17.8 Å². The lowest BCUT2D eigenvalue weighted by molar-refractivity contribution is -0.127. The maximum absolute atomic E-state index is 12.0. The Balaban J connectivity index is 2.39. The third-order valence-electron chi connectivity index (χ3n) is 3.77. The summed E-state index contributed by atoms with van der Waals surface area (Å²) in [5, 5.41) is 3.09. The van der Waals surface area contributed by atoms with E-state index in [1.54, 1.807) is 0 Å². The van der Waals surface area contributed by atoms with Gasteiger partial charge in [-0.05, 0) is 37.5 Å². The summed E-state index contributed by atoms with van der Waals surface area (Å²) in [6, 6.07) is 0.131. The van der Waals surface area contributed by atoms with E-state index in [1.807, 2.05) is 0 Å². The Hall–Kier alpha value is -0.570. The molecule has 0 aliphatic heterocycles. The molecule has 0 aromatic heterocycles. The van der Waals surface area contributed by atoms with Gasteiger partial charge in [0.15, 0.2) is 0 Å². The summed E-state index contributed by atoms with van der Waals surface area (Å²) < 4.78 is 0. The lowest BCUT2D eigenvalue weighted by atomic mass is 9.82. The average molecular weight is 226 g/mol. The first kappa shape index (κ1) is 13.5. The maximum Gasteiger partial charge on any atom is 0.223 e. The molecule has 0 aromatic carbocycles. The van der Waals surface area contributed by atoms with E-state index < -0.39 is 0 Å². The largest absolute Gasteiger partial charge is 0.352 e. The van der Waals surface area contributed by atoms with Gasteiger partial charge in [0.1, 0.15) is 0 Å². The van der Waals surface area contributed by atoms with Gasteiger partial charge in [-0.1, -0.05) is 20.8 Å². The molecule has 1 amide bonds. The van der Waals surface area contributed by atoms with Gasteiger partial charge in [0.05, 0.1) is 0 Å². The monoisotopic (exact) mass is 226 g/mol. The van der Waals surface area contributed by atoms with Crippen LogP contribution in [-0.4, -0.2) is 18.5 Å². The van der Waals surface area contributed by atoms with Crippen LogP contribution in [0.3, 0.4) is 0 Å². The summed E-state index contributed by atoms with van der Waals surface area (Å²) in [6.07, 6.45) is 4.46. The van der Waals surface area contributed by atoms with Crippen LogP contribution in [0.2, 0.25) is 0 Å². The van der Waals surface area contributed by atoms with Crippen molar-refractivity contribution in [3.05, 3.63) is 0 Å². The SMILES string of the molecule is CC1CCC(C(=O)NC(CN)C(C)C)CC1. The zero-order chi connectivity index (χ0) is 12.1. The topological polar surface area (TPSA) is 55.1 Å². The summed E-state index contributed by atoms with van der Waals surface area (Å²) in [4.78, 5) is 12.0. The second-order valence-electron chi connectivity index (χ2n) is 5.55. The van der Waals surface area contributed by atoms with Crippen LogP contribution < -0.4 is 11.1 Å². The Labute approximate surface area is 99.2 Å². The predicted octanol–water partition coefficient (Wildman–Crippen LogP) is 1.91. The van der Waals surface area contributed by atoms with Gasteiger partial charge >= 0.3 is 0 Å². The zero-order valence-corrected chi connectivity index (χ0v) is 10.8. The third-order valence-corrected chi connectivity index (χ3v) is 3.77. The molecule has 16 heavy (non-hydrogen) atoms. The standard InChI is InChI=1S/C13H26N2O/c1-9(2)12(8-14)15-13(16)11-6-4-10(3)5-7-11/h9-12H,4-8,14H2,1-3H3,(H,15,16). The molecule has 0 spiro atoms. The summed E-state index contributed by atoms with van der Waals surface area (Å²) in [5.74, 6) is 1.65. The minimum absolute atomic E-state index is 0.131. The van der Waals surface area contributed by atoms with Crippen molar-refractivity contribution in [1.82, 2.24) is 5.32 Å². The fourth-order valence-electron chi connectivity index (χ4n) is 2.32. The number of nitrogens with two attached hydrogens (primary N) is 1. The van der Waals surface area contributed by atoms with Crippen LogP contribution in [-0.2, 0) is 4.79 Å². The molecule has 94 valence electrons. The van der Waals surface area contributed by atoms with Crippen LogP contribution in [0.4, 0.5) is 0 Å². The Morgan fingerprint density at radius 3 is 2.31 bits per heavy atom. The van der Waals surface area contributed by atoms with E-state index in [1.165, 1.54) is 12.8 Å². The molecule has 0 saturated heterocycles. The van der Waals surface area contributed by atoms with Crippen LogP contribution in [0.25, 0.3) is 0 Å². The van der Waals surface area contributed by atoms with Gasteiger partial charge in [-0.2, -0.15) is 0 Å². The highest BCUT2D eigenvalue weighted by Crippen LogP contribution is 2.28. The molecule has 0 aromatic rings. The van der Waals surface area contributed by atoms with Gasteiger partial charge < -0.3 is 11.1 Å². The van der Waals surface area contributed by atoms with E-state index in [0.717, 1.165) is 18.8 Å². The predicted molar refractivity (Wildman–Crippen MR) is 66.9 cm³/mol. The lowest BCUT2D eigenvalue weighted by Crippen LogP contribution is -2.46. The van der Waals surface area contributed by atoms with E-state index >= 15 is 0 Å². The molecule has 1 unspecified atom stereocenters. The van der Waals surface area contributed by atoms with E-state index in [9.17, 15) is 4.79 Å². The Morgan fingerprint density at radius 1 is 1.31 bits per heavy atom. The molecule has 3 N–H and O–H groups in total. The molecule has 0 radical (unpaired) electrons. The number of hydrogen-bond acceptors (Lipinski definition) is 2. The second kappa shape index (κ2) is 6.24. The molecule has 3 heteroatoms. The summed E-state index contributed by atoms with van der Waals surface area (Å²) in [6.45, 7) is 7.00. The highest BCUT2D eigenvalue weighted by molar-refractivity contribution is 5.79. The Morgan fingerprint density at radius 2 is 1.88 bits per heavy atom. The number of rotatable bonds is 4. The molecule has 0 heterocycles. The molecule has 1 rings (SSSR count). The van der Waals surface area contributed by atoms with Crippen molar-refractivity contribution in [1.29, 1.82) is 0 Å². The molecule has 0 bridgehead atoms. The van der Waals surface area contributed by atoms with Crippen LogP contribution in [0.15, 0.2) is 0 Å². The number of carbonyl (C=O) groups is 1. The molecular weight excluding hydrogens is 200 g/mol. The maximum atomic E-state index is 12.0. The van der Waals surface area contributed by atoms with E-state index in [2.05, 4.69) is 26.1 Å². The minimum Gasteiger partial charge on any atom is -0.352 e. The van der Waals surface area contributed by atoms with Crippen molar-refractivity contribution < 1.29 is 4.79 Å². The minimum atomic E-state index is 0.131. The molecule has 1 atom stereocenters. The zero-order valence-electron chi connectivity index (χ0n) is 10.8. The van der Waals surface area contributed by atoms with Gasteiger partial charge in [-0.25, -0.2) is 0 Å². The van der Waals surface area contributed by atoms with Crippen LogP contribution in [0.5, 0.6) is 0 Å². The lowest BCUT2D eigenvalue weighted by Gasteiger charge is -2.28. The van der Waals surface area contributed by atoms with E-state index in [-0.39, 0.29) is 17.9 Å². The van der Waals surface area contributed by atoms with E-state index in [0.29, 0.717) is 12.5 Å². The van der Waals surface area contributed by atoms with Crippen molar-refractivity contribution >= 4 is 5.91 Å². The van der Waals surface area contributed by atoms with Gasteiger partial charge in [-0.3, -0.25) is 4.79 Å². The number of amides is 1. The van der Waals surface area contributed by atoms with Crippen molar-refractivity contribution in [3.8, 4) is 0 Å². The highest BCUT2D eigenvalue weighted by Gasteiger charge is 2.26. The van der Waals surface area contributed by atoms with Crippen molar-refractivity contribution in [2.24, 2.45) is 23.5 Å². The van der Waals surface area contributed by atoms with Crippen LogP contribution in [0.1, 0.15) is 46.5 Å². The fraction of sp³-hybridized carbons (Fsp3) is 0.923. The van der Waals surface area contributed by atoms with Gasteiger partial charge in [0.2, 0.25) is 5.91 Å². The number of hydrogen-bond donors (Lipinski definition) is 2. The number of carbonyl (C=O) groups excluding carboxylic acids is 1. The fourth-order valence-corrected chi connectivity index (χ4v) is 2.32. The molecule has 3 nitrogen and oxygen atoms in total. The van der Waals surface area contributed by atoms with Gasteiger partial charge in [-0.15, -0.1) is 0 Å². The quantitative estimate of drug-likeness (QED) is 0.769. The molecule has 1 aliphatic rings. The van der Waals surface area contributed by atoms with Gasteiger partial charge in [0, 0.05) is 18.5 Å². The van der Waals surface area contributed by atoms with Crippen molar-refractivity contribution in [2.45, 2.75) is 52.5 Å². The van der Waals surface area contributed by atoms with Crippen molar-refractivity contribution in [3.63, 3.8) is 0 Å². The smallest absolute Gasteiger partial charge is 0.223 e. The Kier molecular flexibility index (Phi) is 5.26. The summed E-state index contributed by atoms with van der Waals surface area (Å²) in [7, 11) is 0. The second-order valence-corrected chi connectivity index (χ2v) is 5.55. The molecular formula is C13H26N2O. The van der Waals surface area contributed by atoms with E-state index in [4.69, 9.17) is 5.73 Å². The molecule has 1 saturated carbocycles. The molecule has 1 fully saturated rings. The molecule has 1 aliphatic carbocycles. The van der Waals surface area contributed by atoms with Crippen molar-refractivity contribution in [2.75, 3.05) is 6.54 Å². The van der Waals surface area contributed by atoms with Gasteiger partial charge in [0.25, 0.3) is 0 Å².